The first kappa shape index (κ1) is 25.8. The second kappa shape index (κ2) is 12.5. The van der Waals surface area contributed by atoms with Gasteiger partial charge < -0.3 is 26.6 Å². The summed E-state index contributed by atoms with van der Waals surface area (Å²) in [4.78, 5) is 48.7. The third kappa shape index (κ3) is 9.00. The zero-order chi connectivity index (χ0) is 23.6. The summed E-state index contributed by atoms with van der Waals surface area (Å²) in [5, 5.41) is 13.2. The number of benzene rings is 1. The Morgan fingerprint density at radius 1 is 0.935 bits per heavy atom. The quantitative estimate of drug-likeness (QED) is 0.325. The molecule has 0 aliphatic heterocycles. The number of aryl methyl sites for hydroxylation is 1. The first-order valence-corrected chi connectivity index (χ1v) is 10.1. The third-order valence-corrected chi connectivity index (χ3v) is 4.53. The predicted molar refractivity (Wildman–Crippen MR) is 120 cm³/mol. The van der Waals surface area contributed by atoms with Gasteiger partial charge in [-0.25, -0.2) is 0 Å². The molecule has 1 aromatic rings. The molecular weight excluding hydrogens is 398 g/mol. The molecule has 9 nitrogen and oxygen atoms in total. The molecular formula is C22H33N5O4. The molecule has 0 saturated heterocycles. The highest BCUT2D eigenvalue weighted by Crippen LogP contribution is 2.11. The van der Waals surface area contributed by atoms with Gasteiger partial charge in [-0.15, -0.1) is 0 Å². The van der Waals surface area contributed by atoms with E-state index in [0.717, 1.165) is 5.56 Å². The van der Waals surface area contributed by atoms with Crippen LogP contribution in [-0.2, 0) is 19.2 Å². The number of nitrogens with one attached hydrogen (secondary N) is 5. The van der Waals surface area contributed by atoms with Crippen molar-refractivity contribution < 1.29 is 19.2 Å². The number of hydrogen-bond acceptors (Lipinski definition) is 5. The summed E-state index contributed by atoms with van der Waals surface area (Å²) in [7, 11) is 1.63. The SMILES string of the molecule is C=C(C(=O)Nc1ccc(C)cc1)C(C)NC(=O)CNC(=O)C(NC(=O)CNC)C(C)C. The van der Waals surface area contributed by atoms with Gasteiger partial charge in [0.25, 0.3) is 5.91 Å². The monoisotopic (exact) mass is 431 g/mol. The molecule has 2 unspecified atom stereocenters. The number of likely N-dealkylation sites (N-methyl/N-ethyl adjacent to an activating group) is 1. The Morgan fingerprint density at radius 2 is 1.52 bits per heavy atom. The minimum Gasteiger partial charge on any atom is -0.348 e. The van der Waals surface area contributed by atoms with Crippen LogP contribution in [0.4, 0.5) is 5.69 Å². The van der Waals surface area contributed by atoms with Crippen LogP contribution in [0.5, 0.6) is 0 Å². The summed E-state index contributed by atoms with van der Waals surface area (Å²) in [6, 6.07) is 5.90. The van der Waals surface area contributed by atoms with Crippen molar-refractivity contribution in [1.82, 2.24) is 21.3 Å². The lowest BCUT2D eigenvalue weighted by molar-refractivity contribution is -0.131. The van der Waals surface area contributed by atoms with Crippen molar-refractivity contribution >= 4 is 29.3 Å². The van der Waals surface area contributed by atoms with Gasteiger partial charge in [-0.3, -0.25) is 19.2 Å². The van der Waals surface area contributed by atoms with Crippen LogP contribution in [0.25, 0.3) is 0 Å². The highest BCUT2D eigenvalue weighted by Gasteiger charge is 2.24. The molecule has 4 amide bonds. The molecule has 0 spiro atoms. The summed E-state index contributed by atoms with van der Waals surface area (Å²) >= 11 is 0. The van der Waals surface area contributed by atoms with Gasteiger partial charge in [0.2, 0.25) is 17.7 Å². The van der Waals surface area contributed by atoms with Crippen LogP contribution in [0.3, 0.4) is 0 Å². The minimum absolute atomic E-state index is 0.0846. The van der Waals surface area contributed by atoms with Crippen molar-refractivity contribution in [2.24, 2.45) is 5.92 Å². The number of rotatable bonds is 11. The summed E-state index contributed by atoms with van der Waals surface area (Å²) in [6.45, 7) is 10.7. The van der Waals surface area contributed by atoms with E-state index >= 15 is 0 Å². The van der Waals surface area contributed by atoms with Crippen LogP contribution in [0.2, 0.25) is 0 Å². The Balaban J connectivity index is 2.53. The van der Waals surface area contributed by atoms with Gasteiger partial charge in [0.15, 0.2) is 0 Å². The summed E-state index contributed by atoms with van der Waals surface area (Å²) in [6.07, 6.45) is 0. The zero-order valence-corrected chi connectivity index (χ0v) is 18.8. The first-order chi connectivity index (χ1) is 14.5. The standard InChI is InChI=1S/C22H33N5O4/c1-13(2)20(27-18(28)11-23-6)22(31)24-12-19(29)25-16(5)15(4)21(30)26-17-9-7-14(3)8-10-17/h7-10,13,16,20,23H,4,11-12H2,1-3,5-6H3,(H,24,31)(H,25,29)(H,26,30)(H,27,28). The lowest BCUT2D eigenvalue weighted by Gasteiger charge is -2.22. The molecule has 0 heterocycles. The lowest BCUT2D eigenvalue weighted by atomic mass is 10.0. The molecule has 31 heavy (non-hydrogen) atoms. The molecule has 1 rings (SSSR count). The summed E-state index contributed by atoms with van der Waals surface area (Å²) < 4.78 is 0. The van der Waals surface area contributed by atoms with Crippen LogP contribution in [0.1, 0.15) is 26.3 Å². The van der Waals surface area contributed by atoms with Crippen LogP contribution in [-0.4, -0.2) is 55.8 Å². The Labute approximate surface area is 183 Å². The van der Waals surface area contributed by atoms with E-state index in [4.69, 9.17) is 0 Å². The van der Waals surface area contributed by atoms with Crippen LogP contribution >= 0.6 is 0 Å². The molecule has 0 bridgehead atoms. The number of anilines is 1. The van der Waals surface area contributed by atoms with Crippen molar-refractivity contribution in [3.05, 3.63) is 42.0 Å². The second-order valence-corrected chi connectivity index (χ2v) is 7.67. The van der Waals surface area contributed by atoms with Gasteiger partial charge in [0, 0.05) is 11.3 Å². The Morgan fingerprint density at radius 3 is 2.06 bits per heavy atom. The molecule has 0 aliphatic rings. The number of hydrogen-bond donors (Lipinski definition) is 5. The van der Waals surface area contributed by atoms with Gasteiger partial charge >= 0.3 is 0 Å². The van der Waals surface area contributed by atoms with Crippen LogP contribution in [0.15, 0.2) is 36.4 Å². The molecule has 0 fully saturated rings. The second-order valence-electron chi connectivity index (χ2n) is 7.67. The maximum atomic E-state index is 12.4. The number of amides is 4. The fourth-order valence-corrected chi connectivity index (χ4v) is 2.62. The third-order valence-electron chi connectivity index (χ3n) is 4.53. The highest BCUT2D eigenvalue weighted by molar-refractivity contribution is 6.04. The Kier molecular flexibility index (Phi) is 10.4. The smallest absolute Gasteiger partial charge is 0.253 e. The van der Waals surface area contributed by atoms with Gasteiger partial charge in [-0.1, -0.05) is 38.1 Å². The fourth-order valence-electron chi connectivity index (χ4n) is 2.62. The molecule has 0 saturated carbocycles. The van der Waals surface area contributed by atoms with E-state index in [0.29, 0.717) is 5.69 Å². The molecule has 1 aromatic carbocycles. The Bertz CT molecular complexity index is 805. The van der Waals surface area contributed by atoms with Crippen molar-refractivity contribution in [3.63, 3.8) is 0 Å². The van der Waals surface area contributed by atoms with E-state index in [1.54, 1.807) is 40.0 Å². The van der Waals surface area contributed by atoms with E-state index in [1.807, 2.05) is 19.1 Å². The van der Waals surface area contributed by atoms with Crippen molar-refractivity contribution in [2.45, 2.75) is 39.8 Å². The van der Waals surface area contributed by atoms with Gasteiger partial charge in [0.1, 0.15) is 6.04 Å². The maximum absolute atomic E-state index is 12.4. The van der Waals surface area contributed by atoms with E-state index in [2.05, 4.69) is 33.2 Å². The molecule has 170 valence electrons. The minimum atomic E-state index is -0.763. The van der Waals surface area contributed by atoms with E-state index in [-0.39, 0.29) is 30.5 Å². The largest absolute Gasteiger partial charge is 0.348 e. The summed E-state index contributed by atoms with van der Waals surface area (Å²) in [5.41, 5.74) is 1.88. The topological polar surface area (TPSA) is 128 Å². The summed E-state index contributed by atoms with van der Waals surface area (Å²) in [5.74, 6) is -1.82. The van der Waals surface area contributed by atoms with Gasteiger partial charge in [-0.05, 0) is 38.9 Å². The predicted octanol–water partition coefficient (Wildman–Crippen LogP) is 0.471. The molecule has 0 aliphatic carbocycles. The molecule has 0 radical (unpaired) electrons. The van der Waals surface area contributed by atoms with Gasteiger partial charge in [-0.2, -0.15) is 0 Å². The maximum Gasteiger partial charge on any atom is 0.253 e. The first-order valence-electron chi connectivity index (χ1n) is 10.1. The van der Waals surface area contributed by atoms with Crippen LogP contribution in [0, 0.1) is 12.8 Å². The Hall–Kier alpha value is -3.20. The average molecular weight is 432 g/mol. The number of carbonyl (C=O) groups excluding carboxylic acids is 4. The molecule has 5 N–H and O–H groups in total. The average Bonchev–Trinajstić information content (AvgIpc) is 2.71. The number of carbonyl (C=O) groups is 4. The fraction of sp³-hybridized carbons (Fsp3) is 0.455. The molecule has 2 atom stereocenters. The lowest BCUT2D eigenvalue weighted by Crippen LogP contribution is -2.53. The van der Waals surface area contributed by atoms with Crippen molar-refractivity contribution in [2.75, 3.05) is 25.5 Å². The van der Waals surface area contributed by atoms with Gasteiger partial charge in [0.05, 0.1) is 19.1 Å². The van der Waals surface area contributed by atoms with E-state index in [1.165, 1.54) is 0 Å². The van der Waals surface area contributed by atoms with Crippen molar-refractivity contribution in [3.8, 4) is 0 Å². The van der Waals surface area contributed by atoms with E-state index in [9.17, 15) is 19.2 Å². The van der Waals surface area contributed by atoms with E-state index < -0.39 is 29.8 Å². The van der Waals surface area contributed by atoms with Crippen molar-refractivity contribution in [1.29, 1.82) is 0 Å². The normalized spacial score (nSPS) is 12.5. The molecule has 0 aromatic heterocycles. The highest BCUT2D eigenvalue weighted by atomic mass is 16.2. The molecule has 9 heteroatoms. The zero-order valence-electron chi connectivity index (χ0n) is 18.8. The van der Waals surface area contributed by atoms with Crippen LogP contribution < -0.4 is 26.6 Å².